The van der Waals surface area contributed by atoms with Crippen LogP contribution in [0.3, 0.4) is 0 Å². The second-order valence-electron chi connectivity index (χ2n) is 4.30. The summed E-state index contributed by atoms with van der Waals surface area (Å²) in [5.74, 6) is 0.978. The normalized spacial score (nSPS) is 10.9. The number of aromatic nitrogens is 2. The molecule has 4 nitrogen and oxygen atoms in total. The van der Waals surface area contributed by atoms with Gasteiger partial charge < -0.3 is 14.6 Å². The Morgan fingerprint density at radius 1 is 1.42 bits per heavy atom. The van der Waals surface area contributed by atoms with Crippen LogP contribution in [-0.4, -0.2) is 29.8 Å². The molecule has 5 heteroatoms. The van der Waals surface area contributed by atoms with Gasteiger partial charge in [0.25, 0.3) is 0 Å². The third-order valence-electron chi connectivity index (χ3n) is 2.91. The lowest BCUT2D eigenvalue weighted by Crippen LogP contribution is -2.18. The van der Waals surface area contributed by atoms with Gasteiger partial charge in [0.1, 0.15) is 5.82 Å². The molecular formula is C14H18BrN3O. The minimum absolute atomic E-state index is 0.730. The summed E-state index contributed by atoms with van der Waals surface area (Å²) in [6.07, 6.45) is 3.77. The van der Waals surface area contributed by atoms with Crippen LogP contribution >= 0.6 is 15.9 Å². The molecule has 0 fully saturated rings. The molecule has 2 rings (SSSR count). The monoisotopic (exact) mass is 323 g/mol. The fourth-order valence-corrected chi connectivity index (χ4v) is 2.51. The largest absolute Gasteiger partial charge is 0.383 e. The van der Waals surface area contributed by atoms with Gasteiger partial charge in [-0.25, -0.2) is 4.98 Å². The Hall–Kier alpha value is -1.17. The van der Waals surface area contributed by atoms with Crippen molar-refractivity contribution in [3.63, 3.8) is 0 Å². The molecule has 0 unspecified atom stereocenters. The predicted molar refractivity (Wildman–Crippen MR) is 79.6 cm³/mol. The van der Waals surface area contributed by atoms with Crippen molar-refractivity contribution in [3.8, 4) is 5.69 Å². The molecule has 0 saturated heterocycles. The number of halogens is 1. The maximum Gasteiger partial charge on any atom is 0.110 e. The molecule has 0 aliphatic carbocycles. The zero-order chi connectivity index (χ0) is 13.7. The quantitative estimate of drug-likeness (QED) is 0.831. The molecule has 19 heavy (non-hydrogen) atoms. The second-order valence-corrected chi connectivity index (χ2v) is 5.15. The molecule has 0 aliphatic rings. The number of ether oxygens (including phenoxy) is 1. The number of hydrogen-bond donors (Lipinski definition) is 1. The Labute approximate surface area is 121 Å². The van der Waals surface area contributed by atoms with Crippen molar-refractivity contribution < 1.29 is 4.74 Å². The molecule has 102 valence electrons. The molecule has 1 N–H and O–H groups in total. The van der Waals surface area contributed by atoms with Crippen LogP contribution in [0, 0.1) is 6.92 Å². The highest BCUT2D eigenvalue weighted by Gasteiger charge is 2.05. The van der Waals surface area contributed by atoms with E-state index < -0.39 is 0 Å². The molecule has 0 amide bonds. The lowest BCUT2D eigenvalue weighted by Gasteiger charge is -2.10. The first-order chi connectivity index (χ1) is 9.22. The van der Waals surface area contributed by atoms with Gasteiger partial charge in [-0.3, -0.25) is 0 Å². The lowest BCUT2D eigenvalue weighted by atomic mass is 10.2. The fraction of sp³-hybridized carbons (Fsp3) is 0.357. The van der Waals surface area contributed by atoms with Gasteiger partial charge in [0, 0.05) is 37.1 Å². The molecule has 0 spiro atoms. The molecular weight excluding hydrogens is 306 g/mol. The van der Waals surface area contributed by atoms with Gasteiger partial charge in [-0.2, -0.15) is 0 Å². The number of nitrogens with zero attached hydrogens (tertiary/aromatic N) is 2. The van der Waals surface area contributed by atoms with Crippen LogP contribution < -0.4 is 5.32 Å². The first-order valence-corrected chi connectivity index (χ1v) is 7.00. The van der Waals surface area contributed by atoms with Gasteiger partial charge in [0.15, 0.2) is 0 Å². The van der Waals surface area contributed by atoms with Crippen molar-refractivity contribution in [2.45, 2.75) is 13.5 Å². The zero-order valence-corrected chi connectivity index (χ0v) is 12.8. The zero-order valence-electron chi connectivity index (χ0n) is 11.2. The van der Waals surface area contributed by atoms with E-state index in [1.54, 1.807) is 7.11 Å². The molecule has 0 saturated carbocycles. The molecule has 0 atom stereocenters. The number of benzene rings is 1. The van der Waals surface area contributed by atoms with Gasteiger partial charge in [-0.15, -0.1) is 0 Å². The summed E-state index contributed by atoms with van der Waals surface area (Å²) in [7, 11) is 1.71. The Morgan fingerprint density at radius 2 is 2.26 bits per heavy atom. The number of aryl methyl sites for hydroxylation is 1. The van der Waals surface area contributed by atoms with Crippen LogP contribution in [0.4, 0.5) is 0 Å². The van der Waals surface area contributed by atoms with Crippen molar-refractivity contribution in [3.05, 3.63) is 46.5 Å². The SMILES string of the molecule is COCCNCc1ccc(-n2ccnc2C)c(Br)c1. The first-order valence-electron chi connectivity index (χ1n) is 6.21. The Balaban J connectivity index is 2.07. The van der Waals surface area contributed by atoms with Crippen LogP contribution in [0.1, 0.15) is 11.4 Å². The predicted octanol–water partition coefficient (Wildman–Crippen LogP) is 2.68. The highest BCUT2D eigenvalue weighted by molar-refractivity contribution is 9.10. The smallest absolute Gasteiger partial charge is 0.110 e. The van der Waals surface area contributed by atoms with Crippen molar-refractivity contribution >= 4 is 15.9 Å². The van der Waals surface area contributed by atoms with Crippen molar-refractivity contribution in [2.24, 2.45) is 0 Å². The maximum absolute atomic E-state index is 5.00. The molecule has 2 aromatic rings. The average molecular weight is 324 g/mol. The van der Waals surface area contributed by atoms with Crippen LogP contribution in [0.5, 0.6) is 0 Å². The van der Waals surface area contributed by atoms with Gasteiger partial charge in [0.05, 0.1) is 12.3 Å². The van der Waals surface area contributed by atoms with Gasteiger partial charge in [0.2, 0.25) is 0 Å². The summed E-state index contributed by atoms with van der Waals surface area (Å²) >= 11 is 3.62. The van der Waals surface area contributed by atoms with E-state index in [4.69, 9.17) is 4.74 Å². The summed E-state index contributed by atoms with van der Waals surface area (Å²) in [4.78, 5) is 4.24. The first kappa shape index (κ1) is 14.2. The Kier molecular flexibility index (Phi) is 5.13. The second kappa shape index (κ2) is 6.84. The molecule has 0 aliphatic heterocycles. The van der Waals surface area contributed by atoms with Crippen LogP contribution in [0.2, 0.25) is 0 Å². The van der Waals surface area contributed by atoms with Crippen LogP contribution in [-0.2, 0) is 11.3 Å². The van der Waals surface area contributed by atoms with E-state index in [0.29, 0.717) is 0 Å². The summed E-state index contributed by atoms with van der Waals surface area (Å²) in [5, 5.41) is 3.33. The Morgan fingerprint density at radius 3 is 2.89 bits per heavy atom. The molecule has 1 heterocycles. The highest BCUT2D eigenvalue weighted by atomic mass is 79.9. The molecule has 1 aromatic heterocycles. The van der Waals surface area contributed by atoms with Crippen molar-refractivity contribution in [1.29, 1.82) is 0 Å². The van der Waals surface area contributed by atoms with E-state index in [2.05, 4.69) is 49.0 Å². The molecule has 1 aromatic carbocycles. The fourth-order valence-electron chi connectivity index (χ4n) is 1.90. The number of imidazole rings is 1. The van der Waals surface area contributed by atoms with E-state index in [1.807, 2.05) is 19.3 Å². The topological polar surface area (TPSA) is 39.1 Å². The third-order valence-corrected chi connectivity index (χ3v) is 3.54. The summed E-state index contributed by atoms with van der Waals surface area (Å²) in [5.41, 5.74) is 2.35. The van der Waals surface area contributed by atoms with E-state index in [9.17, 15) is 0 Å². The summed E-state index contributed by atoms with van der Waals surface area (Å²) in [6, 6.07) is 6.36. The lowest BCUT2D eigenvalue weighted by molar-refractivity contribution is 0.199. The number of hydrogen-bond acceptors (Lipinski definition) is 3. The highest BCUT2D eigenvalue weighted by Crippen LogP contribution is 2.23. The summed E-state index contributed by atoms with van der Waals surface area (Å²) in [6.45, 7) is 4.42. The van der Waals surface area contributed by atoms with Gasteiger partial charge in [-0.1, -0.05) is 6.07 Å². The van der Waals surface area contributed by atoms with Crippen molar-refractivity contribution in [2.75, 3.05) is 20.3 Å². The third kappa shape index (κ3) is 3.65. The number of methoxy groups -OCH3 is 1. The maximum atomic E-state index is 5.00. The van der Waals surface area contributed by atoms with E-state index >= 15 is 0 Å². The number of nitrogens with one attached hydrogen (secondary N) is 1. The van der Waals surface area contributed by atoms with E-state index in [0.717, 1.165) is 35.7 Å². The van der Waals surface area contributed by atoms with Crippen molar-refractivity contribution in [1.82, 2.24) is 14.9 Å². The molecule has 0 radical (unpaired) electrons. The van der Waals surface area contributed by atoms with Crippen LogP contribution in [0.15, 0.2) is 35.1 Å². The van der Waals surface area contributed by atoms with E-state index in [1.165, 1.54) is 5.56 Å². The standard InChI is InChI=1S/C14H18BrN3O/c1-11-17-5-7-18(11)14-4-3-12(9-13(14)15)10-16-6-8-19-2/h3-5,7,9,16H,6,8,10H2,1-2H3. The molecule has 0 bridgehead atoms. The average Bonchev–Trinajstić information content (AvgIpc) is 2.81. The van der Waals surface area contributed by atoms with Crippen LogP contribution in [0.25, 0.3) is 5.69 Å². The van der Waals surface area contributed by atoms with Gasteiger partial charge in [-0.05, 0) is 40.5 Å². The Bertz CT molecular complexity index is 539. The number of rotatable bonds is 6. The summed E-state index contributed by atoms with van der Waals surface area (Å²) < 4.78 is 8.13. The van der Waals surface area contributed by atoms with E-state index in [-0.39, 0.29) is 0 Å². The van der Waals surface area contributed by atoms with Gasteiger partial charge >= 0.3 is 0 Å². The minimum Gasteiger partial charge on any atom is -0.383 e. The minimum atomic E-state index is 0.730.